The molecule has 1 aliphatic heterocycles. The van der Waals surface area contributed by atoms with E-state index in [-0.39, 0.29) is 24.6 Å². The van der Waals surface area contributed by atoms with Crippen LogP contribution in [-0.4, -0.2) is 34.0 Å². The average molecular weight is 463 g/mol. The molecule has 0 unspecified atom stereocenters. The first kappa shape index (κ1) is 22.6. The molecule has 0 spiro atoms. The summed E-state index contributed by atoms with van der Waals surface area (Å²) in [5.41, 5.74) is 3.43. The average Bonchev–Trinajstić information content (AvgIpc) is 2.81. The van der Waals surface area contributed by atoms with Crippen LogP contribution in [0.5, 0.6) is 5.75 Å². The number of sulfonamides is 1. The Balaban J connectivity index is 1.69. The number of aryl methyl sites for hydroxylation is 1. The number of nitrogens with one attached hydrogen (secondary N) is 1. The first-order chi connectivity index (χ1) is 15.9. The summed E-state index contributed by atoms with van der Waals surface area (Å²) in [6, 6.07) is 24.0. The van der Waals surface area contributed by atoms with Crippen LogP contribution in [-0.2, 0) is 14.8 Å². The molecule has 1 amide bonds. The normalized spacial score (nSPS) is 14.5. The Labute approximate surface area is 194 Å². The second-order valence-electron chi connectivity index (χ2n) is 7.68. The molecular weight excluding hydrogens is 436 g/mol. The number of anilines is 1. The standard InChI is InChI=1S/C26H26N2O4S/c1-3-28-23-15-8-7-14-22(23)24(20-11-5-4-6-12-20)25(33(28,30)31)26(29)27-16-17-32-21-13-9-10-19(2)18-21/h4-15,18H,3,16-17H2,1-2H3,(H,27,29). The summed E-state index contributed by atoms with van der Waals surface area (Å²) in [5.74, 6) is 0.0551. The van der Waals surface area contributed by atoms with Crippen LogP contribution in [0.25, 0.3) is 5.57 Å². The minimum atomic E-state index is -4.06. The fraction of sp³-hybridized carbons (Fsp3) is 0.192. The van der Waals surface area contributed by atoms with Crippen molar-refractivity contribution in [2.24, 2.45) is 0 Å². The summed E-state index contributed by atoms with van der Waals surface area (Å²) in [6.07, 6.45) is 0. The highest BCUT2D eigenvalue weighted by Crippen LogP contribution is 2.42. The van der Waals surface area contributed by atoms with E-state index >= 15 is 0 Å². The molecule has 0 saturated carbocycles. The third-order valence-electron chi connectivity index (χ3n) is 5.42. The maximum absolute atomic E-state index is 13.6. The van der Waals surface area contributed by atoms with Crippen molar-refractivity contribution < 1.29 is 17.9 Å². The number of carbonyl (C=O) groups is 1. The smallest absolute Gasteiger partial charge is 0.270 e. The summed E-state index contributed by atoms with van der Waals surface area (Å²) < 4.78 is 34.2. The Kier molecular flexibility index (Phi) is 6.51. The zero-order valence-corrected chi connectivity index (χ0v) is 19.4. The van der Waals surface area contributed by atoms with E-state index in [1.165, 1.54) is 4.31 Å². The Morgan fingerprint density at radius 2 is 1.70 bits per heavy atom. The number of carbonyl (C=O) groups excluding carboxylic acids is 1. The number of amides is 1. The van der Waals surface area contributed by atoms with Crippen molar-refractivity contribution in [1.82, 2.24) is 5.32 Å². The van der Waals surface area contributed by atoms with Gasteiger partial charge in [0.15, 0.2) is 4.91 Å². The molecule has 0 bridgehead atoms. The monoisotopic (exact) mass is 462 g/mol. The fourth-order valence-electron chi connectivity index (χ4n) is 3.97. The third kappa shape index (κ3) is 4.50. The molecule has 0 fully saturated rings. The lowest BCUT2D eigenvalue weighted by atomic mass is 9.95. The molecule has 4 rings (SSSR count). The highest BCUT2D eigenvalue weighted by Gasteiger charge is 2.40. The van der Waals surface area contributed by atoms with Crippen molar-refractivity contribution in [2.45, 2.75) is 13.8 Å². The van der Waals surface area contributed by atoms with Gasteiger partial charge in [-0.2, -0.15) is 0 Å². The number of para-hydroxylation sites is 1. The number of nitrogens with zero attached hydrogens (tertiary/aromatic N) is 1. The van der Waals surface area contributed by atoms with Crippen LogP contribution < -0.4 is 14.4 Å². The van der Waals surface area contributed by atoms with Crippen LogP contribution in [0.3, 0.4) is 0 Å². The zero-order valence-electron chi connectivity index (χ0n) is 18.6. The molecular formula is C26H26N2O4S. The number of ether oxygens (including phenoxy) is 1. The van der Waals surface area contributed by atoms with Crippen LogP contribution in [0, 0.1) is 6.92 Å². The van der Waals surface area contributed by atoms with Gasteiger partial charge in [-0.3, -0.25) is 9.10 Å². The van der Waals surface area contributed by atoms with Crippen LogP contribution in [0.15, 0.2) is 83.8 Å². The number of hydrogen-bond acceptors (Lipinski definition) is 4. The first-order valence-electron chi connectivity index (χ1n) is 10.8. The molecule has 0 radical (unpaired) electrons. The molecule has 1 aliphatic rings. The van der Waals surface area contributed by atoms with Gasteiger partial charge in [-0.1, -0.05) is 60.7 Å². The van der Waals surface area contributed by atoms with Gasteiger partial charge in [0, 0.05) is 17.7 Å². The van der Waals surface area contributed by atoms with Gasteiger partial charge >= 0.3 is 0 Å². The van der Waals surface area contributed by atoms with Crippen molar-refractivity contribution in [3.8, 4) is 5.75 Å². The van der Waals surface area contributed by atoms with E-state index in [1.807, 2.05) is 73.7 Å². The van der Waals surface area contributed by atoms with Crippen LogP contribution in [0.2, 0.25) is 0 Å². The number of rotatable bonds is 7. The second-order valence-corrected chi connectivity index (χ2v) is 9.48. The molecule has 3 aromatic carbocycles. The molecule has 7 heteroatoms. The van der Waals surface area contributed by atoms with Crippen LogP contribution >= 0.6 is 0 Å². The summed E-state index contributed by atoms with van der Waals surface area (Å²) in [7, 11) is -4.06. The number of hydrogen-bond donors (Lipinski definition) is 1. The molecule has 1 N–H and O–H groups in total. The summed E-state index contributed by atoms with van der Waals surface area (Å²) in [4.78, 5) is 13.1. The zero-order chi connectivity index (χ0) is 23.4. The van der Waals surface area contributed by atoms with Crippen molar-refractivity contribution in [2.75, 3.05) is 24.0 Å². The van der Waals surface area contributed by atoms with E-state index < -0.39 is 15.9 Å². The predicted molar refractivity (Wildman–Crippen MR) is 131 cm³/mol. The topological polar surface area (TPSA) is 75.7 Å². The summed E-state index contributed by atoms with van der Waals surface area (Å²) in [5, 5.41) is 2.74. The van der Waals surface area contributed by atoms with Gasteiger partial charge in [-0.25, -0.2) is 8.42 Å². The van der Waals surface area contributed by atoms with Crippen LogP contribution in [0.4, 0.5) is 5.69 Å². The Hall–Kier alpha value is -3.58. The van der Waals surface area contributed by atoms with Gasteiger partial charge in [0.1, 0.15) is 12.4 Å². The van der Waals surface area contributed by atoms with E-state index in [0.29, 0.717) is 28.1 Å². The van der Waals surface area contributed by atoms with Crippen molar-refractivity contribution >= 4 is 27.2 Å². The highest BCUT2D eigenvalue weighted by molar-refractivity contribution is 7.97. The van der Waals surface area contributed by atoms with Gasteiger partial charge in [-0.05, 0) is 43.2 Å². The van der Waals surface area contributed by atoms with Gasteiger partial charge in [0.25, 0.3) is 15.9 Å². The summed E-state index contributed by atoms with van der Waals surface area (Å²) >= 11 is 0. The molecule has 0 aromatic heterocycles. The first-order valence-corrected chi connectivity index (χ1v) is 12.3. The lowest BCUT2D eigenvalue weighted by Gasteiger charge is -2.32. The Bertz CT molecular complexity index is 1300. The fourth-order valence-corrected chi connectivity index (χ4v) is 5.75. The van der Waals surface area contributed by atoms with E-state index in [9.17, 15) is 13.2 Å². The maximum Gasteiger partial charge on any atom is 0.270 e. The largest absolute Gasteiger partial charge is 0.492 e. The van der Waals surface area contributed by atoms with Crippen LogP contribution in [0.1, 0.15) is 23.6 Å². The number of fused-ring (bicyclic) bond motifs is 1. The third-order valence-corrected chi connectivity index (χ3v) is 7.36. The lowest BCUT2D eigenvalue weighted by molar-refractivity contribution is -0.116. The van der Waals surface area contributed by atoms with Crippen molar-refractivity contribution in [3.63, 3.8) is 0 Å². The Morgan fingerprint density at radius 3 is 2.42 bits per heavy atom. The van der Waals surface area contributed by atoms with Gasteiger partial charge in [-0.15, -0.1) is 0 Å². The molecule has 0 saturated heterocycles. The number of benzene rings is 3. The van der Waals surface area contributed by atoms with Crippen molar-refractivity contribution in [3.05, 3.63) is 100 Å². The molecule has 6 nitrogen and oxygen atoms in total. The Morgan fingerprint density at radius 1 is 0.970 bits per heavy atom. The van der Waals surface area contributed by atoms with E-state index in [2.05, 4.69) is 5.32 Å². The van der Waals surface area contributed by atoms with Gasteiger partial charge < -0.3 is 10.1 Å². The molecule has 1 heterocycles. The second kappa shape index (κ2) is 9.50. The predicted octanol–water partition coefficient (Wildman–Crippen LogP) is 4.12. The molecule has 170 valence electrons. The maximum atomic E-state index is 13.6. The molecule has 0 aliphatic carbocycles. The van der Waals surface area contributed by atoms with E-state index in [4.69, 9.17) is 4.74 Å². The minimum Gasteiger partial charge on any atom is -0.492 e. The minimum absolute atomic E-state index is 0.168. The molecule has 0 atom stereocenters. The van der Waals surface area contributed by atoms with Crippen molar-refractivity contribution in [1.29, 1.82) is 0 Å². The molecule has 3 aromatic rings. The lowest BCUT2D eigenvalue weighted by Crippen LogP contribution is -2.42. The van der Waals surface area contributed by atoms with Gasteiger partial charge in [0.2, 0.25) is 0 Å². The SMILES string of the molecule is CCN1c2ccccc2C(c2ccccc2)=C(C(=O)NCCOc2cccc(C)c2)S1(=O)=O. The van der Waals surface area contributed by atoms with E-state index in [1.54, 1.807) is 19.1 Å². The van der Waals surface area contributed by atoms with E-state index in [0.717, 1.165) is 5.56 Å². The highest BCUT2D eigenvalue weighted by atomic mass is 32.2. The van der Waals surface area contributed by atoms with Gasteiger partial charge in [0.05, 0.1) is 12.2 Å². The summed E-state index contributed by atoms with van der Waals surface area (Å²) in [6.45, 7) is 4.33. The quantitative estimate of drug-likeness (QED) is 0.536. The molecule has 33 heavy (non-hydrogen) atoms.